The van der Waals surface area contributed by atoms with Crippen molar-refractivity contribution in [1.82, 2.24) is 0 Å². The third-order valence-electron chi connectivity index (χ3n) is 1.36. The SMILES string of the molecule is C[n+]1cc(O)ccc1/C=N/N.[Cl-]. The van der Waals surface area contributed by atoms with Gasteiger partial charge in [0.25, 0.3) is 0 Å². The minimum absolute atomic E-state index is 0. The predicted octanol–water partition coefficient (Wildman–Crippen LogP) is -3.49. The van der Waals surface area contributed by atoms with E-state index in [0.29, 0.717) is 0 Å². The molecule has 1 aromatic heterocycles. The Balaban J connectivity index is 0.00000121. The molecule has 0 spiro atoms. The number of aromatic nitrogens is 1. The molecule has 4 nitrogen and oxygen atoms in total. The summed E-state index contributed by atoms with van der Waals surface area (Å²) in [4.78, 5) is 0. The van der Waals surface area contributed by atoms with Gasteiger partial charge < -0.3 is 23.4 Å². The van der Waals surface area contributed by atoms with Gasteiger partial charge in [0, 0.05) is 6.07 Å². The Morgan fingerprint density at radius 1 is 1.58 bits per heavy atom. The fourth-order valence-electron chi connectivity index (χ4n) is 0.815. The molecule has 0 radical (unpaired) electrons. The summed E-state index contributed by atoms with van der Waals surface area (Å²) in [6.45, 7) is 0. The average Bonchev–Trinajstić information content (AvgIpc) is 1.95. The van der Waals surface area contributed by atoms with E-state index in [2.05, 4.69) is 5.10 Å². The van der Waals surface area contributed by atoms with Crippen LogP contribution in [0.5, 0.6) is 5.75 Å². The zero-order valence-corrected chi connectivity index (χ0v) is 7.36. The number of hydrogen-bond donors (Lipinski definition) is 2. The van der Waals surface area contributed by atoms with Crippen molar-refractivity contribution in [3.8, 4) is 5.75 Å². The fourth-order valence-corrected chi connectivity index (χ4v) is 0.815. The molecule has 5 heteroatoms. The minimum atomic E-state index is 0. The number of halogens is 1. The van der Waals surface area contributed by atoms with Gasteiger partial charge in [-0.3, -0.25) is 0 Å². The van der Waals surface area contributed by atoms with E-state index in [1.54, 1.807) is 29.9 Å². The van der Waals surface area contributed by atoms with E-state index in [9.17, 15) is 0 Å². The summed E-state index contributed by atoms with van der Waals surface area (Å²) in [6, 6.07) is 3.31. The Bertz CT molecular complexity index is 288. The second kappa shape index (κ2) is 4.56. The quantitative estimate of drug-likeness (QED) is 0.208. The van der Waals surface area contributed by atoms with Crippen LogP contribution in [-0.4, -0.2) is 11.3 Å². The van der Waals surface area contributed by atoms with Crippen LogP contribution in [0.3, 0.4) is 0 Å². The van der Waals surface area contributed by atoms with Gasteiger partial charge in [0.15, 0.2) is 5.75 Å². The highest BCUT2D eigenvalue weighted by molar-refractivity contribution is 5.74. The summed E-state index contributed by atoms with van der Waals surface area (Å²) in [5.74, 6) is 5.18. The van der Waals surface area contributed by atoms with E-state index in [-0.39, 0.29) is 18.2 Å². The van der Waals surface area contributed by atoms with Gasteiger partial charge in [-0.1, -0.05) is 0 Å². The van der Waals surface area contributed by atoms with Gasteiger partial charge in [0.2, 0.25) is 11.9 Å². The first kappa shape index (κ1) is 10.7. The third-order valence-corrected chi connectivity index (χ3v) is 1.36. The smallest absolute Gasteiger partial charge is 0.225 e. The second-order valence-corrected chi connectivity index (χ2v) is 2.20. The third kappa shape index (κ3) is 2.39. The molecule has 1 aromatic rings. The topological polar surface area (TPSA) is 62.5 Å². The van der Waals surface area contributed by atoms with Gasteiger partial charge >= 0.3 is 0 Å². The lowest BCUT2D eigenvalue weighted by Gasteiger charge is -1.92. The number of pyridine rings is 1. The molecular formula is C7H10ClN3O. The van der Waals surface area contributed by atoms with Crippen LogP contribution in [0.2, 0.25) is 0 Å². The summed E-state index contributed by atoms with van der Waals surface area (Å²) in [6.07, 6.45) is 3.09. The number of hydrogen-bond acceptors (Lipinski definition) is 3. The molecule has 1 rings (SSSR count). The van der Waals surface area contributed by atoms with E-state index >= 15 is 0 Å². The normalized spacial score (nSPS) is 9.75. The molecule has 1 heterocycles. The predicted molar refractivity (Wildman–Crippen MR) is 41.1 cm³/mol. The monoisotopic (exact) mass is 187 g/mol. The minimum Gasteiger partial charge on any atom is -1.00 e. The van der Waals surface area contributed by atoms with Gasteiger partial charge in [-0.05, 0) is 6.07 Å². The van der Waals surface area contributed by atoms with Gasteiger partial charge in [-0.15, -0.1) is 0 Å². The van der Waals surface area contributed by atoms with Crippen molar-refractivity contribution < 1.29 is 22.1 Å². The van der Waals surface area contributed by atoms with Crippen LogP contribution in [-0.2, 0) is 7.05 Å². The van der Waals surface area contributed by atoms with E-state index in [4.69, 9.17) is 10.9 Å². The molecule has 0 aliphatic heterocycles. The molecule has 0 aliphatic carbocycles. The number of rotatable bonds is 1. The lowest BCUT2D eigenvalue weighted by atomic mass is 10.3. The Morgan fingerprint density at radius 2 is 2.25 bits per heavy atom. The van der Waals surface area contributed by atoms with Crippen molar-refractivity contribution in [3.05, 3.63) is 24.0 Å². The summed E-state index contributed by atoms with van der Waals surface area (Å²) < 4.78 is 1.73. The maximum Gasteiger partial charge on any atom is 0.225 e. The molecule has 3 N–H and O–H groups in total. The Kier molecular flexibility index (Phi) is 4.07. The molecule has 0 aliphatic rings. The summed E-state index contributed by atoms with van der Waals surface area (Å²) in [7, 11) is 1.80. The summed E-state index contributed by atoms with van der Waals surface area (Å²) in [5, 5.41) is 12.4. The first-order valence-corrected chi connectivity index (χ1v) is 3.16. The molecular weight excluding hydrogens is 178 g/mol. The molecule has 0 atom stereocenters. The Morgan fingerprint density at radius 3 is 2.75 bits per heavy atom. The molecule has 0 fully saturated rings. The van der Waals surface area contributed by atoms with Crippen LogP contribution in [0.1, 0.15) is 5.69 Å². The average molecular weight is 188 g/mol. The first-order valence-electron chi connectivity index (χ1n) is 3.16. The largest absolute Gasteiger partial charge is 1.00 e. The standard InChI is InChI=1S/C7H9N3O.ClH/c1-10-5-7(11)3-2-6(10)4-9-8;/h2-5,8,11H,1H3;1H. The van der Waals surface area contributed by atoms with Crippen LogP contribution < -0.4 is 22.8 Å². The Labute approximate surface area is 76.7 Å². The van der Waals surface area contributed by atoms with Crippen molar-refractivity contribution in [1.29, 1.82) is 0 Å². The molecule has 0 bridgehead atoms. The highest BCUT2D eigenvalue weighted by atomic mass is 35.5. The molecule has 0 amide bonds. The molecule has 0 unspecified atom stereocenters. The number of hydrazone groups is 1. The van der Waals surface area contributed by atoms with Crippen molar-refractivity contribution in [2.75, 3.05) is 0 Å². The summed E-state index contributed by atoms with van der Waals surface area (Å²) in [5.41, 5.74) is 0.838. The first-order chi connectivity index (χ1) is 5.24. The van der Waals surface area contributed by atoms with Crippen molar-refractivity contribution in [3.63, 3.8) is 0 Å². The highest BCUT2D eigenvalue weighted by Gasteiger charge is 2.02. The van der Waals surface area contributed by atoms with Crippen LogP contribution in [0, 0.1) is 0 Å². The van der Waals surface area contributed by atoms with Gasteiger partial charge in [0.1, 0.15) is 13.3 Å². The zero-order chi connectivity index (χ0) is 8.27. The van der Waals surface area contributed by atoms with Crippen LogP contribution in [0.4, 0.5) is 0 Å². The number of nitrogens with zero attached hydrogens (tertiary/aromatic N) is 2. The molecule has 0 aromatic carbocycles. The van der Waals surface area contributed by atoms with Gasteiger partial charge in [-0.2, -0.15) is 9.67 Å². The lowest BCUT2D eigenvalue weighted by Crippen LogP contribution is -3.00. The highest BCUT2D eigenvalue weighted by Crippen LogP contribution is 2.01. The van der Waals surface area contributed by atoms with E-state index in [1.807, 2.05) is 0 Å². The maximum atomic E-state index is 9.01. The van der Waals surface area contributed by atoms with Crippen molar-refractivity contribution >= 4 is 6.21 Å². The van der Waals surface area contributed by atoms with Crippen LogP contribution in [0.25, 0.3) is 0 Å². The molecule has 66 valence electrons. The fraction of sp³-hybridized carbons (Fsp3) is 0.143. The van der Waals surface area contributed by atoms with Crippen LogP contribution >= 0.6 is 0 Å². The van der Waals surface area contributed by atoms with E-state index < -0.39 is 0 Å². The van der Waals surface area contributed by atoms with Crippen LogP contribution in [0.15, 0.2) is 23.4 Å². The second-order valence-electron chi connectivity index (χ2n) is 2.20. The number of aromatic hydroxyl groups is 1. The van der Waals surface area contributed by atoms with Gasteiger partial charge in [-0.25, -0.2) is 0 Å². The lowest BCUT2D eigenvalue weighted by molar-refractivity contribution is -0.672. The van der Waals surface area contributed by atoms with E-state index in [1.165, 1.54) is 6.21 Å². The Hall–Kier alpha value is -1.29. The molecule has 0 saturated heterocycles. The zero-order valence-electron chi connectivity index (χ0n) is 6.61. The van der Waals surface area contributed by atoms with Crippen molar-refractivity contribution in [2.45, 2.75) is 0 Å². The van der Waals surface area contributed by atoms with Crippen molar-refractivity contribution in [2.24, 2.45) is 18.0 Å². The molecule has 0 saturated carbocycles. The van der Waals surface area contributed by atoms with Gasteiger partial charge in [0.05, 0.1) is 0 Å². The number of aryl methyl sites for hydroxylation is 1. The molecule has 12 heavy (non-hydrogen) atoms. The summed E-state index contributed by atoms with van der Waals surface area (Å²) >= 11 is 0. The van der Waals surface area contributed by atoms with E-state index in [0.717, 1.165) is 5.69 Å². The maximum absolute atomic E-state index is 9.01. The number of nitrogens with two attached hydrogens (primary N) is 1.